The Kier molecular flexibility index (Phi) is 8.56. The zero-order chi connectivity index (χ0) is 17.1. The number of halogens is 1. The van der Waals surface area contributed by atoms with E-state index in [4.69, 9.17) is 10.5 Å². The van der Waals surface area contributed by atoms with Gasteiger partial charge in [0.05, 0.1) is 12.0 Å². The minimum absolute atomic E-state index is 0. The first-order chi connectivity index (χ1) is 10.1. The van der Waals surface area contributed by atoms with Gasteiger partial charge >= 0.3 is 0 Å². The quantitative estimate of drug-likeness (QED) is 0.807. The van der Waals surface area contributed by atoms with Crippen LogP contribution in [0.1, 0.15) is 31.4 Å². The van der Waals surface area contributed by atoms with Crippen LogP contribution in [0, 0.1) is 19.8 Å². The summed E-state index contributed by atoms with van der Waals surface area (Å²) in [6.07, 6.45) is 0.640. The lowest BCUT2D eigenvalue weighted by Gasteiger charge is -2.22. The zero-order valence-electron chi connectivity index (χ0n) is 14.8. The van der Waals surface area contributed by atoms with E-state index in [0.717, 1.165) is 16.9 Å². The van der Waals surface area contributed by atoms with Crippen molar-refractivity contribution in [2.75, 3.05) is 20.7 Å². The lowest BCUT2D eigenvalue weighted by atomic mass is 10.0. The fourth-order valence-electron chi connectivity index (χ4n) is 2.35. The van der Waals surface area contributed by atoms with Gasteiger partial charge in [0.15, 0.2) is 0 Å². The number of sulfonamides is 1. The number of nitrogens with zero attached hydrogens (tertiary/aromatic N) is 1. The van der Waals surface area contributed by atoms with E-state index in [-0.39, 0.29) is 18.4 Å². The average Bonchev–Trinajstić information content (AvgIpc) is 2.43. The van der Waals surface area contributed by atoms with E-state index in [2.05, 4.69) is 0 Å². The summed E-state index contributed by atoms with van der Waals surface area (Å²) in [5.41, 5.74) is 7.62. The van der Waals surface area contributed by atoms with Crippen molar-refractivity contribution in [3.63, 3.8) is 0 Å². The van der Waals surface area contributed by atoms with Crippen LogP contribution in [0.2, 0.25) is 0 Å². The van der Waals surface area contributed by atoms with Crippen molar-refractivity contribution in [3.8, 4) is 5.75 Å². The minimum Gasteiger partial charge on any atom is -0.496 e. The van der Waals surface area contributed by atoms with Crippen molar-refractivity contribution >= 4 is 22.4 Å². The summed E-state index contributed by atoms with van der Waals surface area (Å²) in [5, 5.41) is 0. The Labute approximate surface area is 146 Å². The second kappa shape index (κ2) is 8.87. The highest BCUT2D eigenvalue weighted by Gasteiger charge is 2.23. The van der Waals surface area contributed by atoms with Crippen molar-refractivity contribution in [2.45, 2.75) is 45.1 Å². The number of nitrogens with two attached hydrogens (primary N) is 1. The summed E-state index contributed by atoms with van der Waals surface area (Å²) >= 11 is 0. The molecule has 0 amide bonds. The van der Waals surface area contributed by atoms with E-state index in [9.17, 15) is 8.42 Å². The van der Waals surface area contributed by atoms with E-state index >= 15 is 0 Å². The van der Waals surface area contributed by atoms with E-state index < -0.39 is 10.0 Å². The van der Waals surface area contributed by atoms with Crippen LogP contribution in [0.5, 0.6) is 5.75 Å². The summed E-state index contributed by atoms with van der Waals surface area (Å²) in [6, 6.07) is 3.30. The topological polar surface area (TPSA) is 72.6 Å². The van der Waals surface area contributed by atoms with Crippen molar-refractivity contribution in [1.82, 2.24) is 4.31 Å². The lowest BCUT2D eigenvalue weighted by Crippen LogP contribution is -2.34. The Balaban J connectivity index is 0.00000484. The highest BCUT2D eigenvalue weighted by Crippen LogP contribution is 2.27. The molecule has 0 saturated heterocycles. The van der Waals surface area contributed by atoms with Crippen molar-refractivity contribution in [1.29, 1.82) is 0 Å². The Morgan fingerprint density at radius 1 is 1.22 bits per heavy atom. The second-order valence-electron chi connectivity index (χ2n) is 6.11. The molecule has 1 rings (SSSR count). The SMILES string of the molecule is COc1c(C)cc(S(=O)(=O)N(C)CCC(N)C(C)C)cc1C.Cl. The number of rotatable bonds is 7. The molecule has 0 heterocycles. The summed E-state index contributed by atoms with van der Waals surface area (Å²) in [5.74, 6) is 1.06. The molecule has 0 aliphatic carbocycles. The van der Waals surface area contributed by atoms with Gasteiger partial charge in [0.1, 0.15) is 5.75 Å². The average molecular weight is 365 g/mol. The molecule has 7 heteroatoms. The van der Waals surface area contributed by atoms with Gasteiger partial charge in [-0.15, -0.1) is 12.4 Å². The third kappa shape index (κ3) is 5.35. The maximum Gasteiger partial charge on any atom is 0.242 e. The molecule has 5 nitrogen and oxygen atoms in total. The first-order valence-electron chi connectivity index (χ1n) is 7.48. The molecular weight excluding hydrogens is 336 g/mol. The Morgan fingerprint density at radius 3 is 2.09 bits per heavy atom. The Bertz CT molecular complexity index is 595. The van der Waals surface area contributed by atoms with E-state index in [1.807, 2.05) is 27.7 Å². The minimum atomic E-state index is -3.51. The number of hydrogen-bond donors (Lipinski definition) is 1. The molecule has 0 radical (unpaired) electrons. The smallest absolute Gasteiger partial charge is 0.242 e. The summed E-state index contributed by atoms with van der Waals surface area (Å²) in [6.45, 7) is 8.18. The molecule has 2 N–H and O–H groups in total. The van der Waals surface area contributed by atoms with Gasteiger partial charge in [-0.25, -0.2) is 12.7 Å². The van der Waals surface area contributed by atoms with Gasteiger partial charge in [0.25, 0.3) is 0 Å². The maximum atomic E-state index is 12.7. The van der Waals surface area contributed by atoms with E-state index in [1.165, 1.54) is 4.31 Å². The number of aryl methyl sites for hydroxylation is 2. The van der Waals surface area contributed by atoms with Crippen molar-refractivity contribution in [2.24, 2.45) is 11.7 Å². The van der Waals surface area contributed by atoms with Gasteiger partial charge in [-0.3, -0.25) is 0 Å². The summed E-state index contributed by atoms with van der Waals surface area (Å²) in [7, 11) is -0.327. The molecule has 0 aromatic heterocycles. The van der Waals surface area contributed by atoms with E-state index in [0.29, 0.717) is 23.8 Å². The van der Waals surface area contributed by atoms with Crippen LogP contribution in [-0.2, 0) is 10.0 Å². The highest BCUT2D eigenvalue weighted by atomic mass is 35.5. The maximum absolute atomic E-state index is 12.7. The Morgan fingerprint density at radius 2 is 1.70 bits per heavy atom. The molecule has 0 spiro atoms. The second-order valence-corrected chi connectivity index (χ2v) is 8.16. The van der Waals surface area contributed by atoms with Gasteiger partial charge in [-0.05, 0) is 49.4 Å². The van der Waals surface area contributed by atoms with Crippen molar-refractivity contribution < 1.29 is 13.2 Å². The summed E-state index contributed by atoms with van der Waals surface area (Å²) in [4.78, 5) is 0.295. The number of ether oxygens (including phenoxy) is 1. The Hall–Kier alpha value is -0.820. The van der Waals surface area contributed by atoms with Gasteiger partial charge in [-0.2, -0.15) is 0 Å². The standard InChI is InChI=1S/C16H28N2O3S.ClH/c1-11(2)15(17)7-8-18(5)22(19,20)14-9-12(3)16(21-6)13(4)10-14;/h9-11,15H,7-8,17H2,1-6H3;1H. The van der Waals surface area contributed by atoms with Gasteiger partial charge in [-0.1, -0.05) is 13.8 Å². The third-order valence-corrected chi connectivity index (χ3v) is 5.81. The molecule has 134 valence electrons. The molecule has 1 atom stereocenters. The van der Waals surface area contributed by atoms with E-state index in [1.54, 1.807) is 26.3 Å². The van der Waals surface area contributed by atoms with Crippen LogP contribution < -0.4 is 10.5 Å². The van der Waals surface area contributed by atoms with Crippen LogP contribution in [0.15, 0.2) is 17.0 Å². The fraction of sp³-hybridized carbons (Fsp3) is 0.625. The number of hydrogen-bond acceptors (Lipinski definition) is 4. The van der Waals surface area contributed by atoms with Crippen LogP contribution >= 0.6 is 12.4 Å². The first-order valence-corrected chi connectivity index (χ1v) is 8.92. The first kappa shape index (κ1) is 22.2. The normalized spacial score (nSPS) is 13.1. The van der Waals surface area contributed by atoms with Crippen LogP contribution in [-0.4, -0.2) is 39.5 Å². The van der Waals surface area contributed by atoms with Crippen molar-refractivity contribution in [3.05, 3.63) is 23.3 Å². The largest absolute Gasteiger partial charge is 0.496 e. The van der Waals surface area contributed by atoms with Gasteiger partial charge < -0.3 is 10.5 Å². The molecule has 0 saturated carbocycles. The highest BCUT2D eigenvalue weighted by molar-refractivity contribution is 7.89. The zero-order valence-corrected chi connectivity index (χ0v) is 16.4. The molecule has 23 heavy (non-hydrogen) atoms. The fourth-order valence-corrected chi connectivity index (χ4v) is 3.70. The molecule has 0 fully saturated rings. The van der Waals surface area contributed by atoms with Crippen LogP contribution in [0.25, 0.3) is 0 Å². The molecule has 1 unspecified atom stereocenters. The number of methoxy groups -OCH3 is 1. The molecule has 1 aromatic carbocycles. The van der Waals surface area contributed by atoms with Gasteiger partial charge in [0.2, 0.25) is 10.0 Å². The van der Waals surface area contributed by atoms with Gasteiger partial charge in [0, 0.05) is 19.6 Å². The monoisotopic (exact) mass is 364 g/mol. The summed E-state index contributed by atoms with van der Waals surface area (Å²) < 4.78 is 32.0. The third-order valence-electron chi connectivity index (χ3n) is 3.98. The molecular formula is C16H29ClN2O3S. The predicted octanol–water partition coefficient (Wildman–Crippen LogP) is 2.73. The van der Waals surface area contributed by atoms with Crippen LogP contribution in [0.4, 0.5) is 0 Å². The molecule has 0 aliphatic heterocycles. The molecule has 1 aromatic rings. The molecule has 0 aliphatic rings. The van der Waals surface area contributed by atoms with Crippen LogP contribution in [0.3, 0.4) is 0 Å². The molecule has 0 bridgehead atoms. The number of benzene rings is 1. The lowest BCUT2D eigenvalue weighted by molar-refractivity contribution is 0.397. The predicted molar refractivity (Wildman–Crippen MR) is 97.0 cm³/mol.